The first-order valence-corrected chi connectivity index (χ1v) is 4.30. The van der Waals surface area contributed by atoms with E-state index in [4.69, 9.17) is 0 Å². The largest absolute Gasteiger partial charge is 0.277 e. The van der Waals surface area contributed by atoms with Gasteiger partial charge < -0.3 is 0 Å². The Kier molecular flexibility index (Phi) is 1.42. The van der Waals surface area contributed by atoms with Gasteiger partial charge in [0.15, 0.2) is 0 Å². The summed E-state index contributed by atoms with van der Waals surface area (Å²) in [5, 5.41) is 0. The van der Waals surface area contributed by atoms with Crippen LogP contribution < -0.4 is 0 Å². The van der Waals surface area contributed by atoms with Crippen LogP contribution in [0.2, 0.25) is 0 Å². The van der Waals surface area contributed by atoms with Crippen molar-refractivity contribution < 1.29 is 0 Å². The van der Waals surface area contributed by atoms with Crippen LogP contribution in [0.5, 0.6) is 0 Å². The first kappa shape index (κ1) is 6.23. The van der Waals surface area contributed by atoms with Crippen molar-refractivity contribution >= 4 is 17.3 Å². The Morgan fingerprint density at radius 2 is 2.50 bits per heavy atom. The highest BCUT2D eigenvalue weighted by Crippen LogP contribution is 2.33. The van der Waals surface area contributed by atoms with Gasteiger partial charge in [0.25, 0.3) is 0 Å². The van der Waals surface area contributed by atoms with E-state index < -0.39 is 0 Å². The lowest BCUT2D eigenvalue weighted by molar-refractivity contribution is 0.793. The first-order valence-electron chi connectivity index (χ1n) is 3.42. The number of rotatable bonds is 0. The lowest BCUT2D eigenvalue weighted by Gasteiger charge is -2.12. The summed E-state index contributed by atoms with van der Waals surface area (Å²) >= 11 is 1.75. The summed E-state index contributed by atoms with van der Waals surface area (Å²) in [7, 11) is 0. The highest BCUT2D eigenvalue weighted by atomic mass is 32.2. The second-order valence-corrected chi connectivity index (χ2v) is 3.59. The smallest absolute Gasteiger partial charge is 0.0854 e. The van der Waals surface area contributed by atoms with Gasteiger partial charge >= 0.3 is 0 Å². The van der Waals surface area contributed by atoms with E-state index in [0.29, 0.717) is 6.04 Å². The first-order chi connectivity index (χ1) is 4.86. The molecular weight excluding hydrogens is 142 g/mol. The van der Waals surface area contributed by atoms with Crippen LogP contribution in [0.1, 0.15) is 13.3 Å². The van der Waals surface area contributed by atoms with Crippen molar-refractivity contribution in [2.75, 3.05) is 0 Å². The summed E-state index contributed by atoms with van der Waals surface area (Å²) in [6.07, 6.45) is 5.49. The Morgan fingerprint density at radius 3 is 3.40 bits per heavy atom. The number of thioether (sulfide) groups is 1. The molecule has 0 aromatic rings. The average Bonchev–Trinajstić information content (AvgIpc) is 2.33. The normalized spacial score (nSPS) is 29.5. The summed E-state index contributed by atoms with van der Waals surface area (Å²) in [5.74, 6) is 0. The van der Waals surface area contributed by atoms with Gasteiger partial charge in [-0.1, -0.05) is 29.5 Å². The maximum Gasteiger partial charge on any atom is 0.0854 e. The standard InChI is InChI=1S/C8H9NS/c1-6-2-3-8-7(4-6)9-5-10-8/h2-3,5,7H,4H2,1H3. The van der Waals surface area contributed by atoms with Gasteiger partial charge in [0.05, 0.1) is 11.6 Å². The predicted molar refractivity (Wildman–Crippen MR) is 46.3 cm³/mol. The molecule has 1 nitrogen and oxygen atoms in total. The molecule has 0 amide bonds. The molecule has 0 bridgehead atoms. The molecule has 0 N–H and O–H groups in total. The number of nitrogens with zero attached hydrogens (tertiary/aromatic N) is 1. The second kappa shape index (κ2) is 2.27. The van der Waals surface area contributed by atoms with Crippen molar-refractivity contribution in [2.45, 2.75) is 19.4 Å². The Hall–Kier alpha value is -0.500. The molecule has 1 aliphatic heterocycles. The highest BCUT2D eigenvalue weighted by Gasteiger charge is 2.19. The molecule has 0 aromatic heterocycles. The van der Waals surface area contributed by atoms with E-state index >= 15 is 0 Å². The molecule has 0 saturated carbocycles. The molecule has 2 aliphatic rings. The van der Waals surface area contributed by atoms with Crippen LogP contribution in [0.25, 0.3) is 0 Å². The number of hydrogen-bond acceptors (Lipinski definition) is 2. The van der Waals surface area contributed by atoms with Gasteiger partial charge in [-0.15, -0.1) is 0 Å². The van der Waals surface area contributed by atoms with E-state index in [9.17, 15) is 0 Å². The molecule has 0 spiro atoms. The topological polar surface area (TPSA) is 12.4 Å². The number of aliphatic imine (C=N–C) groups is 1. The van der Waals surface area contributed by atoms with Crippen molar-refractivity contribution in [2.24, 2.45) is 4.99 Å². The van der Waals surface area contributed by atoms with Crippen LogP contribution in [-0.4, -0.2) is 11.6 Å². The molecule has 1 aliphatic carbocycles. The van der Waals surface area contributed by atoms with Crippen LogP contribution in [0.15, 0.2) is 27.6 Å². The summed E-state index contributed by atoms with van der Waals surface area (Å²) < 4.78 is 0. The monoisotopic (exact) mass is 151 g/mol. The minimum Gasteiger partial charge on any atom is -0.277 e. The zero-order valence-electron chi connectivity index (χ0n) is 5.87. The fourth-order valence-corrected chi connectivity index (χ4v) is 2.00. The Labute approximate surface area is 64.9 Å². The summed E-state index contributed by atoms with van der Waals surface area (Å²) in [4.78, 5) is 5.74. The van der Waals surface area contributed by atoms with E-state index in [1.165, 1.54) is 10.5 Å². The number of fused-ring (bicyclic) bond motifs is 1. The van der Waals surface area contributed by atoms with Crippen LogP contribution in [-0.2, 0) is 0 Å². The highest BCUT2D eigenvalue weighted by molar-refractivity contribution is 8.15. The molecule has 2 heteroatoms. The van der Waals surface area contributed by atoms with Crippen LogP contribution in [0.3, 0.4) is 0 Å². The zero-order valence-corrected chi connectivity index (χ0v) is 6.69. The zero-order chi connectivity index (χ0) is 6.97. The molecule has 0 aromatic carbocycles. The summed E-state index contributed by atoms with van der Waals surface area (Å²) in [6, 6.07) is 0.468. The van der Waals surface area contributed by atoms with Crippen LogP contribution in [0, 0.1) is 0 Å². The van der Waals surface area contributed by atoms with Gasteiger partial charge in [-0.25, -0.2) is 0 Å². The summed E-state index contributed by atoms with van der Waals surface area (Å²) in [6.45, 7) is 2.16. The van der Waals surface area contributed by atoms with E-state index in [2.05, 4.69) is 24.1 Å². The number of hydrogen-bond donors (Lipinski definition) is 0. The van der Waals surface area contributed by atoms with Gasteiger partial charge in [-0.2, -0.15) is 0 Å². The lowest BCUT2D eigenvalue weighted by atomic mass is 10.0. The minimum atomic E-state index is 0.468. The maximum atomic E-state index is 4.34. The van der Waals surface area contributed by atoms with Gasteiger partial charge in [-0.3, -0.25) is 4.99 Å². The summed E-state index contributed by atoms with van der Waals surface area (Å²) in [5.41, 5.74) is 3.39. The van der Waals surface area contributed by atoms with Gasteiger partial charge in [0.2, 0.25) is 0 Å². The third-order valence-electron chi connectivity index (χ3n) is 1.81. The van der Waals surface area contributed by atoms with Crippen molar-refractivity contribution in [3.8, 4) is 0 Å². The van der Waals surface area contributed by atoms with Gasteiger partial charge in [-0.05, 0) is 13.3 Å². The minimum absolute atomic E-state index is 0.468. The molecule has 1 heterocycles. The fourth-order valence-electron chi connectivity index (χ4n) is 1.22. The average molecular weight is 151 g/mol. The quantitative estimate of drug-likeness (QED) is 0.517. The molecule has 0 radical (unpaired) electrons. The molecule has 0 fully saturated rings. The van der Waals surface area contributed by atoms with E-state index in [1.54, 1.807) is 11.8 Å². The molecule has 1 unspecified atom stereocenters. The second-order valence-electron chi connectivity index (χ2n) is 2.67. The predicted octanol–water partition coefficient (Wildman–Crippen LogP) is 2.36. The molecule has 2 rings (SSSR count). The number of allylic oxidation sites excluding steroid dienone is 2. The van der Waals surface area contributed by atoms with Crippen LogP contribution >= 0.6 is 11.8 Å². The Bertz CT molecular complexity index is 238. The van der Waals surface area contributed by atoms with E-state index in [-0.39, 0.29) is 0 Å². The van der Waals surface area contributed by atoms with Gasteiger partial charge in [0, 0.05) is 4.91 Å². The van der Waals surface area contributed by atoms with E-state index in [0.717, 1.165) is 6.42 Å². The lowest BCUT2D eigenvalue weighted by Crippen LogP contribution is -2.05. The third-order valence-corrected chi connectivity index (χ3v) is 2.71. The fraction of sp³-hybridized carbons (Fsp3) is 0.375. The molecule has 1 atom stereocenters. The van der Waals surface area contributed by atoms with Gasteiger partial charge in [0.1, 0.15) is 0 Å². The molecular formula is C8H9NS. The van der Waals surface area contributed by atoms with Crippen LogP contribution in [0.4, 0.5) is 0 Å². The molecule has 0 saturated heterocycles. The van der Waals surface area contributed by atoms with Crippen molar-refractivity contribution in [1.82, 2.24) is 0 Å². The van der Waals surface area contributed by atoms with E-state index in [1.807, 2.05) is 5.55 Å². The molecule has 10 heavy (non-hydrogen) atoms. The Morgan fingerprint density at radius 1 is 1.60 bits per heavy atom. The van der Waals surface area contributed by atoms with Crippen molar-refractivity contribution in [3.63, 3.8) is 0 Å². The maximum absolute atomic E-state index is 4.34. The SMILES string of the molecule is CC1=CC=C2SC=NC2C1. The van der Waals surface area contributed by atoms with Crippen molar-refractivity contribution in [3.05, 3.63) is 22.6 Å². The van der Waals surface area contributed by atoms with Crippen molar-refractivity contribution in [1.29, 1.82) is 0 Å². The third kappa shape index (κ3) is 0.926. The molecule has 52 valence electrons. The Balaban J connectivity index is 2.28.